The molecule has 0 aliphatic rings. The Morgan fingerprint density at radius 2 is 2.05 bits per heavy atom. The number of sulfonamides is 1. The molecule has 2 rings (SSSR count). The molecule has 0 spiro atoms. The summed E-state index contributed by atoms with van der Waals surface area (Å²) in [6.45, 7) is 2.35. The second-order valence-electron chi connectivity index (χ2n) is 3.86. The van der Waals surface area contributed by atoms with E-state index in [1.54, 1.807) is 11.3 Å². The maximum absolute atomic E-state index is 12.0. The third-order valence-electron chi connectivity index (χ3n) is 2.51. The molecule has 7 heteroatoms. The number of halogens is 1. The van der Waals surface area contributed by atoms with Crippen LogP contribution < -0.4 is 4.72 Å². The zero-order chi connectivity index (χ0) is 13.9. The predicted octanol–water partition coefficient (Wildman–Crippen LogP) is 2.84. The molecule has 4 nitrogen and oxygen atoms in total. The molecule has 0 aliphatic carbocycles. The smallest absolute Gasteiger partial charge is 0.241 e. The first-order valence-corrected chi connectivity index (χ1v) is 8.38. The topological polar surface area (TPSA) is 59.1 Å². The number of aromatic nitrogens is 1. The van der Waals surface area contributed by atoms with E-state index >= 15 is 0 Å². The van der Waals surface area contributed by atoms with Crippen LogP contribution in [0.5, 0.6) is 0 Å². The fourth-order valence-corrected chi connectivity index (χ4v) is 3.76. The summed E-state index contributed by atoms with van der Waals surface area (Å²) in [5.41, 5.74) is 0. The summed E-state index contributed by atoms with van der Waals surface area (Å²) in [5, 5.41) is 0.160. The Hall–Kier alpha value is -0.950. The number of nitrogens with zero attached hydrogens (tertiary/aromatic N) is 1. The van der Waals surface area contributed by atoms with Crippen molar-refractivity contribution in [1.82, 2.24) is 9.71 Å². The van der Waals surface area contributed by atoms with Gasteiger partial charge in [-0.05, 0) is 30.7 Å². The van der Waals surface area contributed by atoms with Crippen molar-refractivity contribution in [3.63, 3.8) is 0 Å². The molecule has 0 fully saturated rings. The summed E-state index contributed by atoms with van der Waals surface area (Å²) in [5.74, 6) is 0. The van der Waals surface area contributed by atoms with Crippen LogP contribution in [0.4, 0.5) is 0 Å². The summed E-state index contributed by atoms with van der Waals surface area (Å²) in [6, 6.07) is 6.69. The minimum absolute atomic E-state index is 0.125. The Bertz CT molecular complexity index is 668. The molecule has 2 heterocycles. The molecule has 0 aliphatic heterocycles. The van der Waals surface area contributed by atoms with E-state index in [1.807, 2.05) is 12.1 Å². The van der Waals surface area contributed by atoms with E-state index in [0.717, 1.165) is 11.3 Å². The Kier molecular flexibility index (Phi) is 4.57. The minimum Gasteiger partial charge on any atom is -0.244 e. The van der Waals surface area contributed by atoms with Crippen molar-refractivity contribution in [2.24, 2.45) is 0 Å². The van der Waals surface area contributed by atoms with Crippen LogP contribution in [-0.4, -0.2) is 13.4 Å². The molecule has 0 aromatic carbocycles. The summed E-state index contributed by atoms with van der Waals surface area (Å²) in [6.07, 6.45) is 2.33. The third-order valence-corrected chi connectivity index (χ3v) is 5.35. The van der Waals surface area contributed by atoms with Crippen LogP contribution in [0.1, 0.15) is 16.7 Å². The molecule has 0 amide bonds. The van der Waals surface area contributed by atoms with Gasteiger partial charge in [0.1, 0.15) is 5.15 Å². The van der Waals surface area contributed by atoms with Crippen molar-refractivity contribution >= 4 is 33.0 Å². The molecular formula is C12H13ClN2O2S2. The van der Waals surface area contributed by atoms with E-state index in [-0.39, 0.29) is 16.6 Å². The summed E-state index contributed by atoms with van der Waals surface area (Å²) >= 11 is 7.30. The summed E-state index contributed by atoms with van der Waals surface area (Å²) in [7, 11) is -3.55. The largest absolute Gasteiger partial charge is 0.244 e. The first kappa shape index (κ1) is 14.5. The molecule has 102 valence electrons. The quantitative estimate of drug-likeness (QED) is 0.863. The molecule has 0 unspecified atom stereocenters. The van der Waals surface area contributed by atoms with Crippen LogP contribution in [0.25, 0.3) is 0 Å². The van der Waals surface area contributed by atoms with Crippen LogP contribution in [0.15, 0.2) is 35.4 Å². The van der Waals surface area contributed by atoms with Gasteiger partial charge in [0.2, 0.25) is 10.0 Å². The van der Waals surface area contributed by atoms with Gasteiger partial charge in [0.25, 0.3) is 0 Å². The second kappa shape index (κ2) is 6.00. The fourth-order valence-electron chi connectivity index (χ4n) is 1.51. The van der Waals surface area contributed by atoms with Crippen molar-refractivity contribution in [1.29, 1.82) is 0 Å². The molecule has 0 saturated carbocycles. The number of aryl methyl sites for hydroxylation is 1. The average molecular weight is 317 g/mol. The number of nitrogens with one attached hydrogen (secondary N) is 1. The van der Waals surface area contributed by atoms with Gasteiger partial charge in [-0.15, -0.1) is 11.3 Å². The van der Waals surface area contributed by atoms with Gasteiger partial charge >= 0.3 is 0 Å². The highest BCUT2D eigenvalue weighted by Crippen LogP contribution is 2.18. The summed E-state index contributed by atoms with van der Waals surface area (Å²) in [4.78, 5) is 6.11. The van der Waals surface area contributed by atoms with Gasteiger partial charge in [-0.25, -0.2) is 18.1 Å². The molecule has 19 heavy (non-hydrogen) atoms. The van der Waals surface area contributed by atoms with E-state index < -0.39 is 10.0 Å². The van der Waals surface area contributed by atoms with Gasteiger partial charge in [-0.2, -0.15) is 0 Å². The number of hydrogen-bond acceptors (Lipinski definition) is 4. The first-order chi connectivity index (χ1) is 9.01. The lowest BCUT2D eigenvalue weighted by molar-refractivity contribution is 0.581. The Morgan fingerprint density at radius 1 is 1.32 bits per heavy atom. The van der Waals surface area contributed by atoms with Gasteiger partial charge < -0.3 is 0 Å². The normalized spacial score (nSPS) is 11.7. The highest BCUT2D eigenvalue weighted by atomic mass is 35.5. The lowest BCUT2D eigenvalue weighted by Crippen LogP contribution is -2.22. The van der Waals surface area contributed by atoms with Crippen molar-refractivity contribution < 1.29 is 8.42 Å². The standard InChI is InChI=1S/C12H13ClN2O2S2/c1-2-9-3-4-10(18-9)8-15-19(16,17)11-5-6-14-12(13)7-11/h3-7,15H,2,8H2,1H3. The molecule has 0 atom stereocenters. The Balaban J connectivity index is 2.09. The highest BCUT2D eigenvalue weighted by Gasteiger charge is 2.14. The van der Waals surface area contributed by atoms with Gasteiger partial charge in [0.15, 0.2) is 0 Å². The van der Waals surface area contributed by atoms with E-state index in [2.05, 4.69) is 16.6 Å². The Morgan fingerprint density at radius 3 is 2.68 bits per heavy atom. The zero-order valence-corrected chi connectivity index (χ0v) is 12.6. The zero-order valence-electron chi connectivity index (χ0n) is 10.3. The van der Waals surface area contributed by atoms with E-state index in [0.29, 0.717) is 0 Å². The van der Waals surface area contributed by atoms with E-state index in [9.17, 15) is 8.42 Å². The average Bonchev–Trinajstić information content (AvgIpc) is 2.84. The number of rotatable bonds is 5. The lowest BCUT2D eigenvalue weighted by atomic mass is 10.4. The third kappa shape index (κ3) is 3.76. The van der Waals surface area contributed by atoms with Gasteiger partial charge in [-0.1, -0.05) is 18.5 Å². The van der Waals surface area contributed by atoms with Crippen LogP contribution in [-0.2, 0) is 23.0 Å². The molecule has 0 bridgehead atoms. The van der Waals surface area contributed by atoms with Crippen molar-refractivity contribution in [3.05, 3.63) is 45.4 Å². The fraction of sp³-hybridized carbons (Fsp3) is 0.250. The molecular weight excluding hydrogens is 304 g/mol. The monoisotopic (exact) mass is 316 g/mol. The van der Waals surface area contributed by atoms with Crippen molar-refractivity contribution in [2.45, 2.75) is 24.8 Å². The van der Waals surface area contributed by atoms with E-state index in [4.69, 9.17) is 11.6 Å². The SMILES string of the molecule is CCc1ccc(CNS(=O)(=O)c2ccnc(Cl)c2)s1. The van der Waals surface area contributed by atoms with Crippen LogP contribution in [0.2, 0.25) is 5.15 Å². The van der Waals surface area contributed by atoms with Crippen LogP contribution >= 0.6 is 22.9 Å². The second-order valence-corrected chi connectivity index (χ2v) is 7.27. The number of thiophene rings is 1. The molecule has 0 radical (unpaired) electrons. The van der Waals surface area contributed by atoms with E-state index in [1.165, 1.54) is 23.2 Å². The van der Waals surface area contributed by atoms with Crippen molar-refractivity contribution in [3.8, 4) is 0 Å². The van der Waals surface area contributed by atoms with Gasteiger partial charge in [0.05, 0.1) is 4.90 Å². The van der Waals surface area contributed by atoms with Crippen LogP contribution in [0.3, 0.4) is 0 Å². The number of pyridine rings is 1. The van der Waals surface area contributed by atoms with Gasteiger partial charge in [0, 0.05) is 22.5 Å². The molecule has 1 N–H and O–H groups in total. The maximum atomic E-state index is 12.0. The maximum Gasteiger partial charge on any atom is 0.241 e. The molecule has 2 aromatic heterocycles. The molecule has 0 saturated heterocycles. The van der Waals surface area contributed by atoms with Crippen LogP contribution in [0, 0.1) is 0 Å². The lowest BCUT2D eigenvalue weighted by Gasteiger charge is -2.05. The Labute approximate surface area is 121 Å². The van der Waals surface area contributed by atoms with Crippen molar-refractivity contribution in [2.75, 3.05) is 0 Å². The number of hydrogen-bond donors (Lipinski definition) is 1. The summed E-state index contributed by atoms with van der Waals surface area (Å²) < 4.78 is 26.6. The van der Waals surface area contributed by atoms with Gasteiger partial charge in [-0.3, -0.25) is 0 Å². The highest BCUT2D eigenvalue weighted by molar-refractivity contribution is 7.89. The first-order valence-electron chi connectivity index (χ1n) is 5.70. The molecule has 2 aromatic rings. The predicted molar refractivity (Wildman–Crippen MR) is 77.0 cm³/mol. The minimum atomic E-state index is -3.55.